The van der Waals surface area contributed by atoms with Gasteiger partial charge in [0, 0.05) is 19.2 Å². The molecule has 0 aliphatic heterocycles. The van der Waals surface area contributed by atoms with Gasteiger partial charge < -0.3 is 5.32 Å². The lowest BCUT2D eigenvalue weighted by atomic mass is 10.1. The second kappa shape index (κ2) is 6.71. The van der Waals surface area contributed by atoms with Crippen molar-refractivity contribution < 1.29 is 22.0 Å². The fourth-order valence-electron chi connectivity index (χ4n) is 2.88. The van der Waals surface area contributed by atoms with Gasteiger partial charge in [0.2, 0.25) is 11.8 Å². The molecular weight excluding hydrogens is 411 g/mol. The minimum atomic E-state index is -4.56. The summed E-state index contributed by atoms with van der Waals surface area (Å²) < 4.78 is 70.6. The fourth-order valence-corrected chi connectivity index (χ4v) is 2.88. The van der Waals surface area contributed by atoms with Gasteiger partial charge in [0.1, 0.15) is 5.82 Å². The van der Waals surface area contributed by atoms with Gasteiger partial charge in [-0.15, -0.1) is 5.10 Å². The Morgan fingerprint density at radius 1 is 1.07 bits per heavy atom. The molecule has 3 aromatic heterocycles. The Labute approximate surface area is 167 Å². The van der Waals surface area contributed by atoms with Crippen LogP contribution in [0.3, 0.4) is 0 Å². The van der Waals surface area contributed by atoms with E-state index in [-0.39, 0.29) is 28.9 Å². The molecule has 0 unspecified atom stereocenters. The third-order valence-corrected chi connectivity index (χ3v) is 4.77. The molecule has 0 aromatic carbocycles. The molecule has 1 saturated carbocycles. The zero-order chi connectivity index (χ0) is 21.8. The van der Waals surface area contributed by atoms with Crippen LogP contribution in [0.5, 0.6) is 0 Å². The first-order chi connectivity index (χ1) is 14.0. The Morgan fingerprint density at radius 3 is 2.33 bits per heavy atom. The highest BCUT2D eigenvalue weighted by Crippen LogP contribution is 2.45. The Kier molecular flexibility index (Phi) is 4.51. The first-order valence-corrected chi connectivity index (χ1v) is 9.00. The Balaban J connectivity index is 1.64. The number of aryl methyl sites for hydroxylation is 3. The highest BCUT2D eigenvalue weighted by atomic mass is 19.4. The maximum Gasteiger partial charge on any atom is 0.419 e. The van der Waals surface area contributed by atoms with Crippen LogP contribution in [-0.4, -0.2) is 34.5 Å². The number of hydrogen-bond donors (Lipinski definition) is 1. The van der Waals surface area contributed by atoms with Crippen molar-refractivity contribution in [3.8, 4) is 0 Å². The minimum Gasteiger partial charge on any atom is -0.321 e. The van der Waals surface area contributed by atoms with E-state index < -0.39 is 23.6 Å². The molecule has 1 aliphatic rings. The van der Waals surface area contributed by atoms with Crippen LogP contribution < -0.4 is 5.32 Å². The highest BCUT2D eigenvalue weighted by Gasteiger charge is 2.41. The summed E-state index contributed by atoms with van der Waals surface area (Å²) in [7, 11) is 1.49. The van der Waals surface area contributed by atoms with Crippen LogP contribution in [0.15, 0.2) is 12.4 Å². The molecule has 1 fully saturated rings. The van der Waals surface area contributed by atoms with Crippen molar-refractivity contribution in [2.45, 2.75) is 44.8 Å². The first-order valence-electron chi connectivity index (χ1n) is 9.00. The zero-order valence-corrected chi connectivity index (χ0v) is 16.2. The number of nitrogens with one attached hydrogen (secondary N) is 1. The van der Waals surface area contributed by atoms with Crippen molar-refractivity contribution in [2.75, 3.05) is 5.32 Å². The average molecular weight is 428 g/mol. The van der Waals surface area contributed by atoms with E-state index in [9.17, 15) is 22.0 Å². The summed E-state index contributed by atoms with van der Waals surface area (Å²) in [6.07, 6.45) is -1.62. The van der Waals surface area contributed by atoms with Gasteiger partial charge in [-0.3, -0.25) is 4.68 Å². The lowest BCUT2D eigenvalue weighted by Gasteiger charge is -2.13. The van der Waals surface area contributed by atoms with Gasteiger partial charge >= 0.3 is 12.2 Å². The third kappa shape index (κ3) is 3.59. The number of hydrogen-bond acceptors (Lipinski definition) is 6. The van der Waals surface area contributed by atoms with Crippen LogP contribution in [0.25, 0.3) is 0 Å². The summed E-state index contributed by atoms with van der Waals surface area (Å²) in [4.78, 5) is 11.4. The summed E-state index contributed by atoms with van der Waals surface area (Å²) in [5.74, 6) is -0.824. The number of anilines is 2. The molecule has 8 nitrogen and oxygen atoms in total. The van der Waals surface area contributed by atoms with Gasteiger partial charge in [0.25, 0.3) is 0 Å². The van der Waals surface area contributed by atoms with Crippen LogP contribution in [0.4, 0.5) is 33.6 Å². The van der Waals surface area contributed by atoms with Crippen molar-refractivity contribution in [3.63, 3.8) is 0 Å². The van der Waals surface area contributed by atoms with Crippen LogP contribution in [0, 0.1) is 13.8 Å². The quantitative estimate of drug-likeness (QED) is 0.625. The predicted octanol–water partition coefficient (Wildman–Crippen LogP) is 3.66. The molecular formula is C17H17F5N8. The monoisotopic (exact) mass is 428 g/mol. The summed E-state index contributed by atoms with van der Waals surface area (Å²) >= 11 is 0. The van der Waals surface area contributed by atoms with Crippen molar-refractivity contribution >= 4 is 11.6 Å². The number of nitrogens with zero attached hydrogens (tertiary/aromatic N) is 7. The maximum absolute atomic E-state index is 14.8. The SMILES string of the molecule is Cc1nn(C(F)(F)c2nc(C)n(C)n2)cc1Nc1ncc(C(F)(F)F)c(C2CC2)n1. The van der Waals surface area contributed by atoms with Gasteiger partial charge in [-0.25, -0.2) is 15.0 Å². The summed E-state index contributed by atoms with van der Waals surface area (Å²) in [6, 6.07) is -3.63. The van der Waals surface area contributed by atoms with E-state index in [1.807, 2.05) is 0 Å². The van der Waals surface area contributed by atoms with E-state index in [1.54, 1.807) is 0 Å². The lowest BCUT2D eigenvalue weighted by molar-refractivity contribution is -0.138. The molecule has 0 bridgehead atoms. The molecule has 0 saturated heterocycles. The number of aromatic nitrogens is 7. The summed E-state index contributed by atoms with van der Waals surface area (Å²) in [6.45, 7) is 3.01. The molecule has 1 aliphatic carbocycles. The van der Waals surface area contributed by atoms with Gasteiger partial charge in [0.05, 0.1) is 28.8 Å². The van der Waals surface area contributed by atoms with E-state index >= 15 is 0 Å². The molecule has 0 amide bonds. The van der Waals surface area contributed by atoms with E-state index in [1.165, 1.54) is 25.6 Å². The van der Waals surface area contributed by atoms with E-state index in [2.05, 4.69) is 30.5 Å². The van der Waals surface area contributed by atoms with Crippen LogP contribution in [-0.2, 0) is 19.3 Å². The van der Waals surface area contributed by atoms with E-state index in [0.717, 1.165) is 6.20 Å². The fraction of sp³-hybridized carbons (Fsp3) is 0.471. The molecule has 0 spiro atoms. The molecule has 13 heteroatoms. The number of rotatable bonds is 5. The second-order valence-electron chi connectivity index (χ2n) is 7.11. The smallest absolute Gasteiger partial charge is 0.321 e. The van der Waals surface area contributed by atoms with Gasteiger partial charge in [-0.2, -0.15) is 31.7 Å². The second-order valence-corrected chi connectivity index (χ2v) is 7.11. The van der Waals surface area contributed by atoms with Crippen molar-refractivity contribution in [2.24, 2.45) is 7.05 Å². The first kappa shape index (κ1) is 20.2. The zero-order valence-electron chi connectivity index (χ0n) is 16.2. The molecule has 3 heterocycles. The Bertz CT molecular complexity index is 1080. The molecule has 30 heavy (non-hydrogen) atoms. The van der Waals surface area contributed by atoms with Crippen LogP contribution in [0.1, 0.15) is 47.4 Å². The molecule has 3 aromatic rings. The van der Waals surface area contributed by atoms with Gasteiger partial charge in [0.15, 0.2) is 0 Å². The standard InChI is InChI=1S/C17H17F5N8/c1-8-12(7-30(27-8)17(21,22)14-24-9(2)29(3)28-14)25-15-23-6-11(16(18,19)20)13(26-15)10-4-5-10/h6-7,10H,4-5H2,1-3H3,(H,23,25,26). The van der Waals surface area contributed by atoms with E-state index in [4.69, 9.17) is 0 Å². The minimum absolute atomic E-state index is 0.0939. The predicted molar refractivity (Wildman–Crippen MR) is 94.3 cm³/mol. The Hall–Kier alpha value is -3.12. The summed E-state index contributed by atoms with van der Waals surface area (Å²) in [5.41, 5.74) is -0.669. The maximum atomic E-state index is 14.8. The molecule has 4 rings (SSSR count). The van der Waals surface area contributed by atoms with Crippen molar-refractivity contribution in [1.29, 1.82) is 0 Å². The van der Waals surface area contributed by atoms with Crippen molar-refractivity contribution in [1.82, 2.24) is 34.5 Å². The normalized spacial score (nSPS) is 14.9. The van der Waals surface area contributed by atoms with Crippen LogP contribution in [0.2, 0.25) is 0 Å². The number of halogens is 5. The van der Waals surface area contributed by atoms with Crippen LogP contribution >= 0.6 is 0 Å². The lowest BCUT2D eigenvalue weighted by Crippen LogP contribution is -2.27. The highest BCUT2D eigenvalue weighted by molar-refractivity contribution is 5.55. The summed E-state index contributed by atoms with van der Waals surface area (Å²) in [5, 5.41) is 10.2. The van der Waals surface area contributed by atoms with Gasteiger partial charge in [-0.05, 0) is 26.7 Å². The molecule has 160 valence electrons. The molecule has 1 N–H and O–H groups in total. The molecule has 0 atom stereocenters. The topological polar surface area (TPSA) is 86.3 Å². The van der Waals surface area contributed by atoms with Crippen molar-refractivity contribution in [3.05, 3.63) is 41.0 Å². The van der Waals surface area contributed by atoms with E-state index in [0.29, 0.717) is 29.5 Å². The Morgan fingerprint density at radius 2 is 1.77 bits per heavy atom. The third-order valence-electron chi connectivity index (χ3n) is 4.77. The number of alkyl halides is 5. The average Bonchev–Trinajstić information content (AvgIpc) is 3.36. The molecule has 0 radical (unpaired) electrons. The van der Waals surface area contributed by atoms with Gasteiger partial charge in [-0.1, -0.05) is 0 Å². The largest absolute Gasteiger partial charge is 0.419 e.